The summed E-state index contributed by atoms with van der Waals surface area (Å²) in [6.07, 6.45) is 5.54. The number of hydrogen-bond acceptors (Lipinski definition) is 7. The van der Waals surface area contributed by atoms with E-state index in [9.17, 15) is 9.59 Å². The van der Waals surface area contributed by atoms with Crippen LogP contribution >= 0.6 is 0 Å². The Hall–Kier alpha value is -2.97. The molecule has 2 amide bonds. The monoisotopic (exact) mass is 413 g/mol. The highest BCUT2D eigenvalue weighted by Crippen LogP contribution is 2.25. The Bertz CT molecular complexity index is 873. The molecule has 0 spiro atoms. The van der Waals surface area contributed by atoms with Crippen LogP contribution in [0.4, 0.5) is 0 Å². The molecule has 160 valence electrons. The highest BCUT2D eigenvalue weighted by molar-refractivity contribution is 5.96. The average Bonchev–Trinajstić information content (AvgIpc) is 3.28. The van der Waals surface area contributed by atoms with Crippen molar-refractivity contribution >= 4 is 11.8 Å². The minimum Gasteiger partial charge on any atom is -0.463 e. The molecule has 2 saturated heterocycles. The molecule has 2 aliphatic rings. The van der Waals surface area contributed by atoms with Crippen LogP contribution in [0.1, 0.15) is 41.1 Å². The lowest BCUT2D eigenvalue weighted by Gasteiger charge is -2.34. The van der Waals surface area contributed by atoms with Crippen molar-refractivity contribution in [2.24, 2.45) is 11.8 Å². The second-order valence-electron chi connectivity index (χ2n) is 8.15. The number of nitrogens with zero attached hydrogens (tertiary/aromatic N) is 5. The summed E-state index contributed by atoms with van der Waals surface area (Å²) in [5.74, 6) is 1.29. The maximum absolute atomic E-state index is 12.8. The molecule has 30 heavy (non-hydrogen) atoms. The fraction of sp³-hybridized carbons (Fsp3) is 0.571. The summed E-state index contributed by atoms with van der Waals surface area (Å²) >= 11 is 0. The van der Waals surface area contributed by atoms with E-state index in [0.717, 1.165) is 19.4 Å². The number of piperidine rings is 1. The number of amides is 2. The maximum atomic E-state index is 12.8. The van der Waals surface area contributed by atoms with Gasteiger partial charge in [0.05, 0.1) is 12.3 Å². The smallest absolute Gasteiger partial charge is 0.316 e. The van der Waals surface area contributed by atoms with Crippen LogP contribution in [0.2, 0.25) is 0 Å². The molecule has 9 nitrogen and oxygen atoms in total. The third kappa shape index (κ3) is 4.44. The lowest BCUT2D eigenvalue weighted by Crippen LogP contribution is -2.42. The van der Waals surface area contributed by atoms with Gasteiger partial charge in [-0.2, -0.15) is 0 Å². The normalized spacial score (nSPS) is 20.1. The first-order valence-electron chi connectivity index (χ1n) is 10.4. The molecule has 1 unspecified atom stereocenters. The predicted octanol–water partition coefficient (Wildman–Crippen LogP) is 1.86. The lowest BCUT2D eigenvalue weighted by molar-refractivity contribution is -0.128. The van der Waals surface area contributed by atoms with E-state index in [1.165, 1.54) is 0 Å². The molecule has 2 aromatic heterocycles. The summed E-state index contributed by atoms with van der Waals surface area (Å²) in [7, 11) is 0. The minimum absolute atomic E-state index is 0.0118. The zero-order valence-electron chi connectivity index (χ0n) is 17.4. The van der Waals surface area contributed by atoms with Crippen molar-refractivity contribution in [2.75, 3.05) is 32.8 Å². The van der Waals surface area contributed by atoms with Crippen LogP contribution in [0.5, 0.6) is 6.01 Å². The number of aromatic nitrogens is 3. The van der Waals surface area contributed by atoms with Crippen molar-refractivity contribution < 1.29 is 18.8 Å². The zero-order valence-corrected chi connectivity index (χ0v) is 17.4. The van der Waals surface area contributed by atoms with Crippen molar-refractivity contribution in [3.05, 3.63) is 35.5 Å². The molecule has 2 aliphatic heterocycles. The van der Waals surface area contributed by atoms with Crippen molar-refractivity contribution in [1.29, 1.82) is 0 Å². The van der Waals surface area contributed by atoms with Gasteiger partial charge in [-0.3, -0.25) is 9.59 Å². The van der Waals surface area contributed by atoms with Gasteiger partial charge in [-0.05, 0) is 38.7 Å². The summed E-state index contributed by atoms with van der Waals surface area (Å²) < 4.78 is 10.7. The number of carbonyl (C=O) groups is 2. The van der Waals surface area contributed by atoms with Gasteiger partial charge < -0.3 is 19.1 Å². The van der Waals surface area contributed by atoms with Crippen LogP contribution in [0, 0.1) is 25.7 Å². The molecule has 1 atom stereocenters. The Morgan fingerprint density at radius 3 is 2.60 bits per heavy atom. The Balaban J connectivity index is 1.24. The van der Waals surface area contributed by atoms with Gasteiger partial charge in [0.2, 0.25) is 5.91 Å². The lowest BCUT2D eigenvalue weighted by atomic mass is 9.95. The van der Waals surface area contributed by atoms with Gasteiger partial charge in [0.25, 0.3) is 5.91 Å². The first-order valence-corrected chi connectivity index (χ1v) is 10.4. The van der Waals surface area contributed by atoms with Crippen LogP contribution in [0.15, 0.2) is 23.0 Å². The summed E-state index contributed by atoms with van der Waals surface area (Å²) in [4.78, 5) is 37.1. The van der Waals surface area contributed by atoms with Gasteiger partial charge >= 0.3 is 6.01 Å². The highest BCUT2D eigenvalue weighted by Gasteiger charge is 2.33. The predicted molar refractivity (Wildman–Crippen MR) is 107 cm³/mol. The van der Waals surface area contributed by atoms with Crippen LogP contribution in [-0.4, -0.2) is 69.5 Å². The molecule has 0 aromatic carbocycles. The zero-order chi connectivity index (χ0) is 21.1. The molecule has 0 saturated carbocycles. The van der Waals surface area contributed by atoms with Gasteiger partial charge in [0.1, 0.15) is 11.3 Å². The van der Waals surface area contributed by atoms with E-state index in [-0.39, 0.29) is 17.7 Å². The van der Waals surface area contributed by atoms with E-state index in [4.69, 9.17) is 9.26 Å². The van der Waals surface area contributed by atoms with E-state index in [2.05, 4.69) is 15.1 Å². The first-order chi connectivity index (χ1) is 14.5. The second kappa shape index (κ2) is 8.81. The number of hydrogen-bond donors (Lipinski definition) is 0. The Kier molecular flexibility index (Phi) is 5.96. The topological polar surface area (TPSA) is 102 Å². The van der Waals surface area contributed by atoms with Crippen molar-refractivity contribution in [3.8, 4) is 6.01 Å². The van der Waals surface area contributed by atoms with Gasteiger partial charge in [0, 0.05) is 50.9 Å². The van der Waals surface area contributed by atoms with E-state index in [1.807, 2.05) is 9.80 Å². The molecule has 4 rings (SSSR count). The number of rotatable bonds is 6. The van der Waals surface area contributed by atoms with Crippen LogP contribution in [0.25, 0.3) is 0 Å². The summed E-state index contributed by atoms with van der Waals surface area (Å²) in [5, 5.41) is 3.88. The quantitative estimate of drug-likeness (QED) is 0.712. The number of likely N-dealkylation sites (tertiary alicyclic amines) is 2. The van der Waals surface area contributed by atoms with E-state index >= 15 is 0 Å². The molecule has 0 bridgehead atoms. The molecule has 4 heterocycles. The number of carbonyl (C=O) groups excluding carboxylic acids is 2. The van der Waals surface area contributed by atoms with E-state index < -0.39 is 0 Å². The molecule has 2 aromatic rings. The SMILES string of the molecule is Cc1noc(C)c1C(=O)N1CCC(CN2CC(COc3ncccn3)CC2=O)CC1. The molecular weight excluding hydrogens is 386 g/mol. The fourth-order valence-electron chi connectivity index (χ4n) is 4.27. The van der Waals surface area contributed by atoms with Crippen molar-refractivity contribution in [3.63, 3.8) is 0 Å². The van der Waals surface area contributed by atoms with E-state index in [1.54, 1.807) is 32.3 Å². The summed E-state index contributed by atoms with van der Waals surface area (Å²) in [6, 6.07) is 2.08. The second-order valence-corrected chi connectivity index (χ2v) is 8.15. The standard InChI is InChI=1S/C21H27N5O4/c1-14-19(15(2)30-24-14)20(28)25-8-4-16(5-9-25)11-26-12-17(10-18(26)27)13-29-21-22-6-3-7-23-21/h3,6-7,16-17H,4-5,8-13H2,1-2H3. The molecule has 2 fully saturated rings. The Morgan fingerprint density at radius 2 is 1.93 bits per heavy atom. The molecule has 9 heteroatoms. The number of ether oxygens (including phenoxy) is 1. The third-order valence-electron chi connectivity index (χ3n) is 5.91. The Labute approximate surface area is 175 Å². The van der Waals surface area contributed by atoms with Crippen LogP contribution in [-0.2, 0) is 4.79 Å². The highest BCUT2D eigenvalue weighted by atomic mass is 16.5. The average molecular weight is 413 g/mol. The Morgan fingerprint density at radius 1 is 1.20 bits per heavy atom. The molecule has 0 N–H and O–H groups in total. The molecule has 0 radical (unpaired) electrons. The fourth-order valence-corrected chi connectivity index (χ4v) is 4.27. The van der Waals surface area contributed by atoms with Gasteiger partial charge in [-0.15, -0.1) is 0 Å². The van der Waals surface area contributed by atoms with Crippen LogP contribution < -0.4 is 4.74 Å². The van der Waals surface area contributed by atoms with Gasteiger partial charge in [-0.25, -0.2) is 9.97 Å². The largest absolute Gasteiger partial charge is 0.463 e. The number of aryl methyl sites for hydroxylation is 2. The molecule has 0 aliphatic carbocycles. The van der Waals surface area contributed by atoms with Crippen LogP contribution in [0.3, 0.4) is 0 Å². The van der Waals surface area contributed by atoms with E-state index in [0.29, 0.717) is 61.6 Å². The first kappa shape index (κ1) is 20.3. The summed E-state index contributed by atoms with van der Waals surface area (Å²) in [5.41, 5.74) is 1.21. The summed E-state index contributed by atoms with van der Waals surface area (Å²) in [6.45, 7) is 6.81. The minimum atomic E-state index is -0.0118. The molecular formula is C21H27N5O4. The maximum Gasteiger partial charge on any atom is 0.316 e. The van der Waals surface area contributed by atoms with Crippen molar-refractivity contribution in [1.82, 2.24) is 24.9 Å². The van der Waals surface area contributed by atoms with Gasteiger partial charge in [0.15, 0.2) is 0 Å². The van der Waals surface area contributed by atoms with Crippen molar-refractivity contribution in [2.45, 2.75) is 33.1 Å². The van der Waals surface area contributed by atoms with Gasteiger partial charge in [-0.1, -0.05) is 5.16 Å². The third-order valence-corrected chi connectivity index (χ3v) is 5.91.